The summed E-state index contributed by atoms with van der Waals surface area (Å²) in [6, 6.07) is 11.0. The Morgan fingerprint density at radius 1 is 0.846 bits per heavy atom. The maximum Gasteiger partial charge on any atom is 0.253 e. The molecule has 0 aliphatic carbocycles. The van der Waals surface area contributed by atoms with Crippen LogP contribution in [0.4, 0.5) is 0 Å². The SMILES string of the molecule is O=C(c1ccc(-c2ccc(S(=O)(=O)N3CCCC3)s2)cc1)N1CCCC1. The fourth-order valence-corrected chi connectivity index (χ4v) is 6.53. The molecule has 0 bridgehead atoms. The van der Waals surface area contributed by atoms with Crippen molar-refractivity contribution in [1.29, 1.82) is 0 Å². The molecule has 7 heteroatoms. The Bertz CT molecular complexity index is 891. The molecule has 2 saturated heterocycles. The standard InChI is InChI=1S/C19H22N2O3S2/c22-19(20-11-1-2-12-20)16-7-5-15(6-8-16)17-9-10-18(25-17)26(23,24)21-13-3-4-14-21/h5-10H,1-4,11-14H2. The van der Waals surface area contributed by atoms with Crippen molar-refractivity contribution in [2.45, 2.75) is 29.9 Å². The van der Waals surface area contributed by atoms with Gasteiger partial charge in [0.2, 0.25) is 0 Å². The fourth-order valence-electron chi connectivity index (χ4n) is 3.55. The summed E-state index contributed by atoms with van der Waals surface area (Å²) in [5.74, 6) is 0.0810. The lowest BCUT2D eigenvalue weighted by molar-refractivity contribution is 0.0793. The molecule has 1 amide bonds. The van der Waals surface area contributed by atoms with Crippen molar-refractivity contribution >= 4 is 27.3 Å². The number of sulfonamides is 1. The van der Waals surface area contributed by atoms with Gasteiger partial charge in [0.25, 0.3) is 15.9 Å². The van der Waals surface area contributed by atoms with E-state index in [1.54, 1.807) is 10.4 Å². The van der Waals surface area contributed by atoms with Crippen molar-refractivity contribution in [2.24, 2.45) is 0 Å². The highest BCUT2D eigenvalue weighted by Crippen LogP contribution is 2.33. The van der Waals surface area contributed by atoms with Gasteiger partial charge < -0.3 is 4.90 Å². The molecular weight excluding hydrogens is 368 g/mol. The van der Waals surface area contributed by atoms with E-state index in [0.29, 0.717) is 22.9 Å². The summed E-state index contributed by atoms with van der Waals surface area (Å²) >= 11 is 1.29. The molecule has 0 saturated carbocycles. The van der Waals surface area contributed by atoms with Crippen LogP contribution in [0.2, 0.25) is 0 Å². The maximum absolute atomic E-state index is 12.7. The monoisotopic (exact) mass is 390 g/mol. The number of hydrogen-bond donors (Lipinski definition) is 0. The zero-order chi connectivity index (χ0) is 18.1. The number of carbonyl (C=O) groups excluding carboxylic acids is 1. The van der Waals surface area contributed by atoms with Gasteiger partial charge in [0.05, 0.1) is 0 Å². The first-order valence-corrected chi connectivity index (χ1v) is 11.3. The van der Waals surface area contributed by atoms with E-state index >= 15 is 0 Å². The first kappa shape index (κ1) is 17.7. The summed E-state index contributed by atoms with van der Waals surface area (Å²) in [4.78, 5) is 15.2. The zero-order valence-corrected chi connectivity index (χ0v) is 16.2. The summed E-state index contributed by atoms with van der Waals surface area (Å²) in [6.45, 7) is 2.90. The van der Waals surface area contributed by atoms with Crippen LogP contribution in [-0.4, -0.2) is 49.7 Å². The smallest absolute Gasteiger partial charge is 0.253 e. The number of hydrogen-bond acceptors (Lipinski definition) is 4. The molecule has 0 N–H and O–H groups in total. The molecule has 2 aliphatic heterocycles. The third-order valence-corrected chi connectivity index (χ3v) is 8.55. The minimum atomic E-state index is -3.37. The van der Waals surface area contributed by atoms with E-state index in [1.165, 1.54) is 11.3 Å². The molecular formula is C19H22N2O3S2. The van der Waals surface area contributed by atoms with Gasteiger partial charge in [-0.2, -0.15) is 4.31 Å². The van der Waals surface area contributed by atoms with E-state index in [-0.39, 0.29) is 5.91 Å². The molecule has 138 valence electrons. The maximum atomic E-state index is 12.7. The Morgan fingerprint density at radius 2 is 1.46 bits per heavy atom. The summed E-state index contributed by atoms with van der Waals surface area (Å²) in [6.07, 6.45) is 4.02. The average molecular weight is 391 g/mol. The van der Waals surface area contributed by atoms with Crippen LogP contribution in [0.3, 0.4) is 0 Å². The summed E-state index contributed by atoms with van der Waals surface area (Å²) in [5.41, 5.74) is 1.63. The topological polar surface area (TPSA) is 57.7 Å². The van der Waals surface area contributed by atoms with Gasteiger partial charge in [-0.05, 0) is 55.5 Å². The number of thiophene rings is 1. The second-order valence-electron chi connectivity index (χ2n) is 6.81. The Hall–Kier alpha value is -1.70. The van der Waals surface area contributed by atoms with E-state index in [4.69, 9.17) is 0 Å². The second-order valence-corrected chi connectivity index (χ2v) is 10.1. The highest BCUT2D eigenvalue weighted by atomic mass is 32.2. The zero-order valence-electron chi connectivity index (χ0n) is 14.6. The number of carbonyl (C=O) groups is 1. The molecule has 2 fully saturated rings. The molecule has 3 heterocycles. The molecule has 1 aromatic heterocycles. The van der Waals surface area contributed by atoms with Gasteiger partial charge in [-0.15, -0.1) is 11.3 Å². The van der Waals surface area contributed by atoms with Gasteiger partial charge in [-0.3, -0.25) is 4.79 Å². The predicted molar refractivity (Wildman–Crippen MR) is 103 cm³/mol. The van der Waals surface area contributed by atoms with Gasteiger partial charge in [0.1, 0.15) is 4.21 Å². The lowest BCUT2D eigenvalue weighted by Crippen LogP contribution is -2.27. The number of nitrogens with zero attached hydrogens (tertiary/aromatic N) is 2. The van der Waals surface area contributed by atoms with Crippen molar-refractivity contribution < 1.29 is 13.2 Å². The largest absolute Gasteiger partial charge is 0.339 e. The molecule has 4 rings (SSSR count). The molecule has 0 spiro atoms. The van der Waals surface area contributed by atoms with Crippen LogP contribution in [0.25, 0.3) is 10.4 Å². The van der Waals surface area contributed by atoms with Gasteiger partial charge in [0, 0.05) is 36.6 Å². The Balaban J connectivity index is 1.53. The summed E-state index contributed by atoms with van der Waals surface area (Å²) < 4.78 is 27.3. The fraction of sp³-hybridized carbons (Fsp3) is 0.421. The predicted octanol–water partition coefficient (Wildman–Crippen LogP) is 3.44. The first-order chi connectivity index (χ1) is 12.6. The molecule has 0 atom stereocenters. The van der Waals surface area contributed by atoms with Gasteiger partial charge >= 0.3 is 0 Å². The molecule has 2 aliphatic rings. The molecule has 1 aromatic carbocycles. The van der Waals surface area contributed by atoms with E-state index in [0.717, 1.165) is 49.2 Å². The van der Waals surface area contributed by atoms with Crippen molar-refractivity contribution in [3.05, 3.63) is 42.0 Å². The molecule has 5 nitrogen and oxygen atoms in total. The van der Waals surface area contributed by atoms with E-state index in [9.17, 15) is 13.2 Å². The number of rotatable bonds is 4. The van der Waals surface area contributed by atoms with Crippen molar-refractivity contribution in [1.82, 2.24) is 9.21 Å². The summed E-state index contributed by atoms with van der Waals surface area (Å²) in [5, 5.41) is 0. The molecule has 0 unspecified atom stereocenters. The molecule has 26 heavy (non-hydrogen) atoms. The Kier molecular flexibility index (Phi) is 4.86. The third kappa shape index (κ3) is 3.31. The number of amides is 1. The quantitative estimate of drug-likeness (QED) is 0.804. The van der Waals surface area contributed by atoms with Crippen molar-refractivity contribution in [3.63, 3.8) is 0 Å². The van der Waals surface area contributed by atoms with Crippen LogP contribution in [0.5, 0.6) is 0 Å². The van der Waals surface area contributed by atoms with E-state index in [1.807, 2.05) is 35.2 Å². The number of likely N-dealkylation sites (tertiary alicyclic amines) is 1. The second kappa shape index (κ2) is 7.13. The Labute approximate surface area is 158 Å². The van der Waals surface area contributed by atoms with Crippen molar-refractivity contribution in [3.8, 4) is 10.4 Å². The van der Waals surface area contributed by atoms with Gasteiger partial charge in [-0.1, -0.05) is 12.1 Å². The van der Waals surface area contributed by atoms with Crippen LogP contribution in [0.1, 0.15) is 36.0 Å². The van der Waals surface area contributed by atoms with Crippen LogP contribution in [0.15, 0.2) is 40.6 Å². The highest BCUT2D eigenvalue weighted by molar-refractivity contribution is 7.91. The summed E-state index contributed by atoms with van der Waals surface area (Å²) in [7, 11) is -3.37. The Morgan fingerprint density at radius 3 is 2.12 bits per heavy atom. The molecule has 2 aromatic rings. The molecule has 0 radical (unpaired) electrons. The van der Waals surface area contributed by atoms with Crippen LogP contribution in [-0.2, 0) is 10.0 Å². The first-order valence-electron chi connectivity index (χ1n) is 9.05. The average Bonchev–Trinajstić information content (AvgIpc) is 3.44. The highest BCUT2D eigenvalue weighted by Gasteiger charge is 2.28. The van der Waals surface area contributed by atoms with E-state index < -0.39 is 10.0 Å². The van der Waals surface area contributed by atoms with Crippen LogP contribution >= 0.6 is 11.3 Å². The van der Waals surface area contributed by atoms with Gasteiger partial charge in [-0.25, -0.2) is 8.42 Å². The lowest BCUT2D eigenvalue weighted by atomic mass is 10.1. The van der Waals surface area contributed by atoms with Crippen LogP contribution < -0.4 is 0 Å². The van der Waals surface area contributed by atoms with Crippen molar-refractivity contribution in [2.75, 3.05) is 26.2 Å². The van der Waals surface area contributed by atoms with Crippen LogP contribution in [0, 0.1) is 0 Å². The van der Waals surface area contributed by atoms with Gasteiger partial charge in [0.15, 0.2) is 0 Å². The minimum Gasteiger partial charge on any atom is -0.339 e. The third-order valence-electron chi connectivity index (χ3n) is 5.05. The lowest BCUT2D eigenvalue weighted by Gasteiger charge is -2.15. The minimum absolute atomic E-state index is 0.0810. The van der Waals surface area contributed by atoms with E-state index in [2.05, 4.69) is 0 Å². The normalized spacial score (nSPS) is 18.5. The number of benzene rings is 1.